The third kappa shape index (κ3) is 4.84. The first-order chi connectivity index (χ1) is 24.7. The summed E-state index contributed by atoms with van der Waals surface area (Å²) >= 11 is 0. The molecule has 9 rings (SSSR count). The summed E-state index contributed by atoms with van der Waals surface area (Å²) in [6.45, 7) is 0. The molecule has 0 radical (unpaired) electrons. The quantitative estimate of drug-likeness (QED) is 0.175. The molecule has 0 aliphatic heterocycles. The molecule has 0 aliphatic rings. The summed E-state index contributed by atoms with van der Waals surface area (Å²) in [5.74, 6) is 1.65. The summed E-state index contributed by atoms with van der Waals surface area (Å²) in [5, 5.41) is 11.0. The fourth-order valence-electron chi connectivity index (χ4n) is 7.55. The molecular weight excluding hydrogens is 613 g/mol. The van der Waals surface area contributed by atoms with Crippen LogP contribution >= 0.6 is 0 Å². The van der Waals surface area contributed by atoms with Crippen LogP contribution < -0.4 is 14.8 Å². The summed E-state index contributed by atoms with van der Waals surface area (Å²) < 4.78 is 13.7. The van der Waals surface area contributed by atoms with Gasteiger partial charge < -0.3 is 19.4 Å². The lowest BCUT2D eigenvalue weighted by Gasteiger charge is -2.21. The Bertz CT molecular complexity index is 2650. The van der Waals surface area contributed by atoms with E-state index in [1.807, 2.05) is 12.1 Å². The smallest absolute Gasteiger partial charge is 0.119 e. The molecule has 0 amide bonds. The molecule has 1 N–H and O–H groups in total. The first-order valence-corrected chi connectivity index (χ1v) is 16.8. The lowest BCUT2D eigenvalue weighted by atomic mass is 9.85. The molecule has 0 aliphatic carbocycles. The highest BCUT2D eigenvalue weighted by molar-refractivity contribution is 6.24. The highest BCUT2D eigenvalue weighted by Gasteiger charge is 2.20. The van der Waals surface area contributed by atoms with Crippen molar-refractivity contribution in [1.29, 1.82) is 0 Å². The van der Waals surface area contributed by atoms with E-state index in [0.29, 0.717) is 0 Å². The zero-order valence-corrected chi connectivity index (χ0v) is 27.9. The maximum absolute atomic E-state index is 5.71. The zero-order chi connectivity index (χ0) is 33.6. The van der Waals surface area contributed by atoms with Gasteiger partial charge in [0.1, 0.15) is 11.5 Å². The molecule has 0 saturated carbocycles. The molecule has 8 aromatic carbocycles. The van der Waals surface area contributed by atoms with Gasteiger partial charge in [0.25, 0.3) is 0 Å². The van der Waals surface area contributed by atoms with Crippen molar-refractivity contribution in [3.8, 4) is 39.4 Å². The molecule has 0 atom stereocenters. The summed E-state index contributed by atoms with van der Waals surface area (Å²) in [6, 6.07) is 57.9. The molecule has 4 heteroatoms. The van der Waals surface area contributed by atoms with E-state index in [1.54, 1.807) is 14.2 Å². The fraction of sp³-hybridized carbons (Fsp3) is 0.0435. The Kier molecular flexibility index (Phi) is 7.21. The van der Waals surface area contributed by atoms with Gasteiger partial charge in [0.05, 0.1) is 25.3 Å². The maximum atomic E-state index is 5.71. The van der Waals surface area contributed by atoms with Crippen LogP contribution in [0.5, 0.6) is 11.5 Å². The van der Waals surface area contributed by atoms with Crippen LogP contribution in [-0.4, -0.2) is 18.8 Å². The number of ether oxygens (including phenoxy) is 2. The van der Waals surface area contributed by atoms with Gasteiger partial charge in [0, 0.05) is 33.2 Å². The molecule has 50 heavy (non-hydrogen) atoms. The van der Waals surface area contributed by atoms with Gasteiger partial charge in [-0.05, 0) is 105 Å². The lowest BCUT2D eigenvalue weighted by molar-refractivity contribution is 0.415. The monoisotopic (exact) mass is 646 g/mol. The lowest BCUT2D eigenvalue weighted by Crippen LogP contribution is -1.98. The van der Waals surface area contributed by atoms with E-state index in [2.05, 4.69) is 162 Å². The molecule has 4 nitrogen and oxygen atoms in total. The van der Waals surface area contributed by atoms with Gasteiger partial charge in [-0.2, -0.15) is 0 Å². The first-order valence-electron chi connectivity index (χ1n) is 16.8. The number of rotatable bonds is 7. The number of fused-ring (bicyclic) bond motifs is 5. The first kappa shape index (κ1) is 29.6. The van der Waals surface area contributed by atoms with Gasteiger partial charge in [-0.25, -0.2) is 0 Å². The average molecular weight is 647 g/mol. The molecule has 1 aromatic heterocycles. The van der Waals surface area contributed by atoms with Gasteiger partial charge >= 0.3 is 0 Å². The van der Waals surface area contributed by atoms with Crippen LogP contribution in [0.4, 0.5) is 11.4 Å². The molecule has 1 heterocycles. The second-order valence-corrected chi connectivity index (χ2v) is 12.5. The maximum Gasteiger partial charge on any atom is 0.119 e. The minimum absolute atomic E-state index is 0.822. The Labute approximate surface area is 290 Å². The number of benzene rings is 8. The fourth-order valence-corrected chi connectivity index (χ4v) is 7.55. The summed E-state index contributed by atoms with van der Waals surface area (Å²) in [5.41, 5.74) is 10.1. The summed E-state index contributed by atoms with van der Waals surface area (Å²) in [4.78, 5) is 0. The topological polar surface area (TPSA) is 35.4 Å². The summed E-state index contributed by atoms with van der Waals surface area (Å²) in [6.07, 6.45) is 0. The average Bonchev–Trinajstić information content (AvgIpc) is 3.52. The number of para-hydroxylation sites is 2. The van der Waals surface area contributed by atoms with Crippen molar-refractivity contribution in [1.82, 2.24) is 4.57 Å². The molecule has 240 valence electrons. The predicted molar refractivity (Wildman–Crippen MR) is 209 cm³/mol. The highest BCUT2D eigenvalue weighted by Crippen LogP contribution is 2.47. The van der Waals surface area contributed by atoms with Crippen LogP contribution in [0.15, 0.2) is 164 Å². The van der Waals surface area contributed by atoms with E-state index in [9.17, 15) is 0 Å². The Morgan fingerprint density at radius 2 is 0.940 bits per heavy atom. The van der Waals surface area contributed by atoms with Crippen molar-refractivity contribution in [3.05, 3.63) is 164 Å². The normalized spacial score (nSPS) is 11.4. The van der Waals surface area contributed by atoms with E-state index < -0.39 is 0 Å². The molecule has 0 bridgehead atoms. The van der Waals surface area contributed by atoms with Crippen molar-refractivity contribution in [2.75, 3.05) is 19.5 Å². The van der Waals surface area contributed by atoms with Gasteiger partial charge in [-0.15, -0.1) is 0 Å². The van der Waals surface area contributed by atoms with Crippen molar-refractivity contribution >= 4 is 54.7 Å². The number of nitrogens with zero attached hydrogens (tertiary/aromatic N) is 1. The Hall–Kier alpha value is -6.52. The number of hydrogen-bond donors (Lipinski definition) is 1. The van der Waals surface area contributed by atoms with Gasteiger partial charge in [-0.3, -0.25) is 0 Å². The Morgan fingerprint density at radius 1 is 0.440 bits per heavy atom. The van der Waals surface area contributed by atoms with E-state index in [-0.39, 0.29) is 0 Å². The van der Waals surface area contributed by atoms with Crippen molar-refractivity contribution in [2.45, 2.75) is 0 Å². The molecular formula is C46H34N2O2. The van der Waals surface area contributed by atoms with E-state index in [1.165, 1.54) is 38.1 Å². The predicted octanol–water partition coefficient (Wildman–Crippen LogP) is 12.2. The SMILES string of the molecule is COc1cccc(-c2c3ccccc3c(-c3cccc(OC)c3)c3c(Nc4ccc(-n5c6ccccc6c6ccccc65)cc4)cccc23)c1. The van der Waals surface area contributed by atoms with E-state index >= 15 is 0 Å². The highest BCUT2D eigenvalue weighted by atomic mass is 16.5. The number of hydrogen-bond acceptors (Lipinski definition) is 3. The van der Waals surface area contributed by atoms with Crippen molar-refractivity contribution in [3.63, 3.8) is 0 Å². The Morgan fingerprint density at radius 3 is 1.54 bits per heavy atom. The third-order valence-corrected chi connectivity index (χ3v) is 9.75. The Balaban J connectivity index is 1.25. The number of aromatic nitrogens is 1. The van der Waals surface area contributed by atoms with Crippen molar-refractivity contribution < 1.29 is 9.47 Å². The number of anilines is 2. The van der Waals surface area contributed by atoms with Gasteiger partial charge in [-0.1, -0.05) is 97.1 Å². The van der Waals surface area contributed by atoms with E-state index in [4.69, 9.17) is 9.47 Å². The molecule has 0 spiro atoms. The minimum Gasteiger partial charge on any atom is -0.497 e. The van der Waals surface area contributed by atoms with Crippen molar-refractivity contribution in [2.24, 2.45) is 0 Å². The molecule has 0 saturated heterocycles. The molecule has 0 fully saturated rings. The van der Waals surface area contributed by atoms with Crippen LogP contribution in [0.25, 0.3) is 71.3 Å². The second-order valence-electron chi connectivity index (χ2n) is 12.5. The van der Waals surface area contributed by atoms with E-state index in [0.717, 1.165) is 56.0 Å². The second kappa shape index (κ2) is 12.2. The number of nitrogens with one attached hydrogen (secondary N) is 1. The van der Waals surface area contributed by atoms with Crippen LogP contribution in [0, 0.1) is 0 Å². The third-order valence-electron chi connectivity index (χ3n) is 9.75. The van der Waals surface area contributed by atoms with Crippen LogP contribution in [0.1, 0.15) is 0 Å². The van der Waals surface area contributed by atoms with Gasteiger partial charge in [0.15, 0.2) is 0 Å². The van der Waals surface area contributed by atoms with Gasteiger partial charge in [0.2, 0.25) is 0 Å². The van der Waals surface area contributed by atoms with Crippen LogP contribution in [-0.2, 0) is 0 Å². The standard InChI is InChI=1S/C46H34N2O2/c1-49-34-14-9-12-30(28-34)44-38-18-3-4-19-39(38)45(31-13-10-15-35(29-31)50-2)46-40(44)20-11-21-41(46)47-32-24-26-33(27-25-32)48-42-22-7-5-16-36(42)37-17-6-8-23-43(37)48/h3-29,47H,1-2H3. The largest absolute Gasteiger partial charge is 0.497 e. The number of methoxy groups -OCH3 is 2. The molecule has 0 unspecified atom stereocenters. The summed E-state index contributed by atoms with van der Waals surface area (Å²) in [7, 11) is 3.44. The zero-order valence-electron chi connectivity index (χ0n) is 27.9. The minimum atomic E-state index is 0.822. The molecule has 9 aromatic rings. The van der Waals surface area contributed by atoms with Crippen LogP contribution in [0.3, 0.4) is 0 Å². The van der Waals surface area contributed by atoms with Crippen LogP contribution in [0.2, 0.25) is 0 Å².